The molecule has 0 saturated heterocycles. The Hall–Kier alpha value is -0.930. The number of aryl methyl sites for hydroxylation is 1. The molecule has 84 valence electrons. The molecule has 1 aromatic heterocycles. The van der Waals surface area contributed by atoms with E-state index < -0.39 is 0 Å². The highest BCUT2D eigenvalue weighted by Gasteiger charge is 2.08. The van der Waals surface area contributed by atoms with Gasteiger partial charge in [0.05, 0.1) is 5.52 Å². The molecule has 0 saturated carbocycles. The van der Waals surface area contributed by atoms with Crippen LogP contribution in [0.3, 0.4) is 0 Å². The first-order chi connectivity index (χ1) is 7.61. The van der Waals surface area contributed by atoms with Crippen molar-refractivity contribution in [2.45, 2.75) is 19.8 Å². The van der Waals surface area contributed by atoms with Crippen LogP contribution in [0.25, 0.3) is 10.9 Å². The van der Waals surface area contributed by atoms with Gasteiger partial charge in [-0.15, -0.1) is 0 Å². The van der Waals surface area contributed by atoms with Crippen molar-refractivity contribution in [3.63, 3.8) is 0 Å². The van der Waals surface area contributed by atoms with Crippen molar-refractivity contribution in [1.29, 1.82) is 0 Å². The van der Waals surface area contributed by atoms with Gasteiger partial charge in [0, 0.05) is 28.0 Å². The molecule has 0 aliphatic rings. The largest absolute Gasteiger partial charge is 0.330 e. The lowest BCUT2D eigenvalue weighted by Crippen LogP contribution is -2.10. The fourth-order valence-electron chi connectivity index (χ4n) is 1.77. The normalized spacial score (nSPS) is 13.0. The maximum atomic E-state index is 5.67. The van der Waals surface area contributed by atoms with Crippen molar-refractivity contribution in [2.75, 3.05) is 6.54 Å². The Morgan fingerprint density at radius 2 is 2.12 bits per heavy atom. The van der Waals surface area contributed by atoms with Crippen LogP contribution in [-0.4, -0.2) is 11.5 Å². The lowest BCUT2D eigenvalue weighted by molar-refractivity contribution is 0.748. The van der Waals surface area contributed by atoms with Crippen molar-refractivity contribution in [1.82, 2.24) is 4.98 Å². The van der Waals surface area contributed by atoms with Crippen LogP contribution in [0, 0.1) is 6.92 Å². The van der Waals surface area contributed by atoms with Gasteiger partial charge in [0.15, 0.2) is 0 Å². The second-order valence-corrected chi connectivity index (χ2v) is 5.08. The molecule has 0 bridgehead atoms. The van der Waals surface area contributed by atoms with Gasteiger partial charge in [-0.1, -0.05) is 22.9 Å². The Bertz CT molecular complexity index is 523. The average molecular weight is 279 g/mol. The molecular weight excluding hydrogens is 264 g/mol. The summed E-state index contributed by atoms with van der Waals surface area (Å²) in [7, 11) is 0. The van der Waals surface area contributed by atoms with E-state index in [1.807, 2.05) is 12.1 Å². The molecule has 0 fully saturated rings. The molecule has 1 aromatic carbocycles. The second-order valence-electron chi connectivity index (χ2n) is 4.16. The van der Waals surface area contributed by atoms with Crippen LogP contribution >= 0.6 is 15.9 Å². The Balaban J connectivity index is 2.63. The second kappa shape index (κ2) is 4.52. The number of pyridine rings is 1. The third kappa shape index (κ3) is 2.11. The molecule has 1 atom stereocenters. The van der Waals surface area contributed by atoms with E-state index in [0.717, 1.165) is 15.7 Å². The number of hydrogen-bond donors (Lipinski definition) is 1. The third-order valence-electron chi connectivity index (χ3n) is 2.86. The summed E-state index contributed by atoms with van der Waals surface area (Å²) in [5.74, 6) is 0.312. The number of aromatic nitrogens is 1. The fraction of sp³-hybridized carbons (Fsp3) is 0.308. The minimum atomic E-state index is 0.312. The summed E-state index contributed by atoms with van der Waals surface area (Å²) in [6.07, 6.45) is 0. The van der Waals surface area contributed by atoms with Crippen molar-refractivity contribution in [2.24, 2.45) is 5.73 Å². The molecule has 1 heterocycles. The van der Waals surface area contributed by atoms with E-state index in [0.29, 0.717) is 12.5 Å². The fourth-order valence-corrected chi connectivity index (χ4v) is 2.13. The van der Waals surface area contributed by atoms with Gasteiger partial charge in [-0.2, -0.15) is 0 Å². The van der Waals surface area contributed by atoms with Gasteiger partial charge in [0.1, 0.15) is 0 Å². The highest BCUT2D eigenvalue weighted by atomic mass is 79.9. The summed E-state index contributed by atoms with van der Waals surface area (Å²) >= 11 is 3.48. The first-order valence-electron chi connectivity index (χ1n) is 5.38. The quantitative estimate of drug-likeness (QED) is 0.915. The predicted molar refractivity (Wildman–Crippen MR) is 71.6 cm³/mol. The monoisotopic (exact) mass is 278 g/mol. The summed E-state index contributed by atoms with van der Waals surface area (Å²) in [5, 5.41) is 1.20. The van der Waals surface area contributed by atoms with Gasteiger partial charge in [-0.25, -0.2) is 0 Å². The number of benzene rings is 1. The zero-order valence-corrected chi connectivity index (χ0v) is 11.1. The summed E-state index contributed by atoms with van der Waals surface area (Å²) in [4.78, 5) is 4.65. The van der Waals surface area contributed by atoms with Gasteiger partial charge in [0.2, 0.25) is 0 Å². The summed E-state index contributed by atoms with van der Waals surface area (Å²) in [6, 6.07) is 8.30. The maximum absolute atomic E-state index is 5.67. The molecule has 1 unspecified atom stereocenters. The van der Waals surface area contributed by atoms with Crippen molar-refractivity contribution in [3.8, 4) is 0 Å². The summed E-state index contributed by atoms with van der Waals surface area (Å²) in [5.41, 5.74) is 9.05. The van der Waals surface area contributed by atoms with Crippen LogP contribution in [-0.2, 0) is 0 Å². The van der Waals surface area contributed by atoms with Gasteiger partial charge in [0.25, 0.3) is 0 Å². The van der Waals surface area contributed by atoms with E-state index >= 15 is 0 Å². The zero-order chi connectivity index (χ0) is 11.7. The molecule has 0 spiro atoms. The molecule has 3 heteroatoms. The average Bonchev–Trinajstić information content (AvgIpc) is 2.28. The van der Waals surface area contributed by atoms with E-state index in [2.05, 4.69) is 46.9 Å². The zero-order valence-electron chi connectivity index (χ0n) is 9.50. The number of nitrogens with two attached hydrogens (primary N) is 1. The Kier molecular flexibility index (Phi) is 3.26. The molecule has 2 rings (SSSR count). The number of halogens is 1. The lowest BCUT2D eigenvalue weighted by atomic mass is 10.0. The van der Waals surface area contributed by atoms with Crippen molar-refractivity contribution in [3.05, 3.63) is 40.0 Å². The maximum Gasteiger partial charge on any atom is 0.0708 e. The van der Waals surface area contributed by atoms with E-state index in [9.17, 15) is 0 Å². The Labute approximate surface area is 104 Å². The van der Waals surface area contributed by atoms with E-state index in [1.165, 1.54) is 10.9 Å². The van der Waals surface area contributed by atoms with Crippen LogP contribution in [0.4, 0.5) is 0 Å². The molecule has 2 nitrogen and oxygen atoms in total. The molecule has 16 heavy (non-hydrogen) atoms. The van der Waals surface area contributed by atoms with E-state index in [-0.39, 0.29) is 0 Å². The van der Waals surface area contributed by atoms with Gasteiger partial charge >= 0.3 is 0 Å². The molecule has 0 aliphatic carbocycles. The van der Waals surface area contributed by atoms with Gasteiger partial charge in [-0.05, 0) is 36.8 Å². The Morgan fingerprint density at radius 3 is 2.81 bits per heavy atom. The number of rotatable bonds is 2. The summed E-state index contributed by atoms with van der Waals surface area (Å²) in [6.45, 7) is 4.85. The smallest absolute Gasteiger partial charge is 0.0708 e. The number of hydrogen-bond acceptors (Lipinski definition) is 2. The first-order valence-corrected chi connectivity index (χ1v) is 6.18. The lowest BCUT2D eigenvalue weighted by Gasteiger charge is -2.11. The molecule has 0 radical (unpaired) electrons. The van der Waals surface area contributed by atoms with Crippen LogP contribution in [0.1, 0.15) is 24.1 Å². The van der Waals surface area contributed by atoms with Crippen LogP contribution in [0.15, 0.2) is 28.7 Å². The number of nitrogens with zero attached hydrogens (tertiary/aromatic N) is 1. The van der Waals surface area contributed by atoms with Crippen LogP contribution in [0.5, 0.6) is 0 Å². The molecule has 2 N–H and O–H groups in total. The first kappa shape index (κ1) is 11.6. The van der Waals surface area contributed by atoms with Gasteiger partial charge in [-0.3, -0.25) is 4.98 Å². The minimum absolute atomic E-state index is 0.312. The van der Waals surface area contributed by atoms with E-state index in [4.69, 9.17) is 5.73 Å². The standard InChI is InChI=1S/C13H15BrN2/c1-8-5-13(9(2)7-15)16-12-4-3-10(14)6-11(8)12/h3-6,9H,7,15H2,1-2H3. The molecule has 2 aromatic rings. The highest BCUT2D eigenvalue weighted by Crippen LogP contribution is 2.24. The van der Waals surface area contributed by atoms with Gasteiger partial charge < -0.3 is 5.73 Å². The predicted octanol–water partition coefficient (Wildman–Crippen LogP) is 3.37. The van der Waals surface area contributed by atoms with Crippen LogP contribution in [0.2, 0.25) is 0 Å². The van der Waals surface area contributed by atoms with Crippen LogP contribution < -0.4 is 5.73 Å². The topological polar surface area (TPSA) is 38.9 Å². The molecule has 0 aliphatic heterocycles. The molecule has 0 amide bonds. The SMILES string of the molecule is Cc1cc(C(C)CN)nc2ccc(Br)cc12. The van der Waals surface area contributed by atoms with Crippen molar-refractivity contribution >= 4 is 26.8 Å². The number of fused-ring (bicyclic) bond motifs is 1. The van der Waals surface area contributed by atoms with Crippen molar-refractivity contribution < 1.29 is 0 Å². The Morgan fingerprint density at radius 1 is 1.38 bits per heavy atom. The van der Waals surface area contributed by atoms with E-state index in [1.54, 1.807) is 0 Å². The minimum Gasteiger partial charge on any atom is -0.330 e. The highest BCUT2D eigenvalue weighted by molar-refractivity contribution is 9.10. The third-order valence-corrected chi connectivity index (χ3v) is 3.35. The molecular formula is C13H15BrN2. The summed E-state index contributed by atoms with van der Waals surface area (Å²) < 4.78 is 1.09.